The highest BCUT2D eigenvalue weighted by Gasteiger charge is 2.19. The molecule has 0 saturated heterocycles. The first-order valence-corrected chi connectivity index (χ1v) is 6.71. The van der Waals surface area contributed by atoms with Crippen LogP contribution in [0, 0.1) is 5.92 Å². The number of nitrogens with one attached hydrogen (secondary N) is 1. The van der Waals surface area contributed by atoms with Crippen LogP contribution in [0.25, 0.3) is 0 Å². The molecule has 0 spiro atoms. The Morgan fingerprint density at radius 2 is 2.00 bits per heavy atom. The normalized spacial score (nSPS) is 14.4. The SMILES string of the molecule is CC(CNC(C)(C)CCc1ccccc1)/C(N)=N/O. The molecule has 19 heavy (non-hydrogen) atoms. The zero-order valence-electron chi connectivity index (χ0n) is 12.1. The Hall–Kier alpha value is -1.55. The van der Waals surface area contributed by atoms with Crippen LogP contribution in [0.3, 0.4) is 0 Å². The Morgan fingerprint density at radius 1 is 1.37 bits per heavy atom. The van der Waals surface area contributed by atoms with Crippen LogP contribution in [-0.4, -0.2) is 23.1 Å². The Balaban J connectivity index is 2.39. The zero-order chi connectivity index (χ0) is 14.3. The lowest BCUT2D eigenvalue weighted by Crippen LogP contribution is -2.44. The van der Waals surface area contributed by atoms with E-state index < -0.39 is 0 Å². The van der Waals surface area contributed by atoms with Gasteiger partial charge >= 0.3 is 0 Å². The number of hydrogen-bond donors (Lipinski definition) is 3. The first kappa shape index (κ1) is 15.5. The van der Waals surface area contributed by atoms with Gasteiger partial charge in [0, 0.05) is 18.0 Å². The van der Waals surface area contributed by atoms with E-state index in [1.54, 1.807) is 0 Å². The molecule has 1 aromatic rings. The molecule has 0 aliphatic carbocycles. The summed E-state index contributed by atoms with van der Waals surface area (Å²) < 4.78 is 0. The van der Waals surface area contributed by atoms with Crippen molar-refractivity contribution in [3.05, 3.63) is 35.9 Å². The van der Waals surface area contributed by atoms with Crippen molar-refractivity contribution in [3.63, 3.8) is 0 Å². The first-order valence-electron chi connectivity index (χ1n) is 6.71. The van der Waals surface area contributed by atoms with Gasteiger partial charge < -0.3 is 16.3 Å². The molecule has 0 fully saturated rings. The second kappa shape index (κ2) is 7.14. The number of aryl methyl sites for hydroxylation is 1. The minimum absolute atomic E-state index is 0.0276. The smallest absolute Gasteiger partial charge is 0.143 e. The first-order chi connectivity index (χ1) is 8.94. The average molecular weight is 263 g/mol. The van der Waals surface area contributed by atoms with Crippen LogP contribution >= 0.6 is 0 Å². The molecule has 0 heterocycles. The lowest BCUT2D eigenvalue weighted by Gasteiger charge is -2.28. The van der Waals surface area contributed by atoms with Crippen molar-refractivity contribution in [2.75, 3.05) is 6.54 Å². The largest absolute Gasteiger partial charge is 0.409 e. The van der Waals surface area contributed by atoms with Crippen LogP contribution in [0.2, 0.25) is 0 Å². The fraction of sp³-hybridized carbons (Fsp3) is 0.533. The molecule has 4 nitrogen and oxygen atoms in total. The van der Waals surface area contributed by atoms with Crippen molar-refractivity contribution in [1.29, 1.82) is 0 Å². The number of amidine groups is 1. The van der Waals surface area contributed by atoms with Crippen LogP contribution in [0.1, 0.15) is 32.8 Å². The molecule has 1 aromatic carbocycles. The van der Waals surface area contributed by atoms with E-state index >= 15 is 0 Å². The molecule has 0 amide bonds. The molecular weight excluding hydrogens is 238 g/mol. The van der Waals surface area contributed by atoms with E-state index in [9.17, 15) is 0 Å². The number of benzene rings is 1. The van der Waals surface area contributed by atoms with Gasteiger partial charge in [0.05, 0.1) is 0 Å². The number of nitrogens with two attached hydrogens (primary N) is 1. The van der Waals surface area contributed by atoms with Crippen LogP contribution in [0.15, 0.2) is 35.5 Å². The molecule has 106 valence electrons. The van der Waals surface area contributed by atoms with Crippen molar-refractivity contribution < 1.29 is 5.21 Å². The number of nitrogens with zero attached hydrogens (tertiary/aromatic N) is 1. The maximum atomic E-state index is 8.62. The van der Waals surface area contributed by atoms with E-state index in [0.717, 1.165) is 12.8 Å². The molecule has 1 rings (SSSR count). The summed E-state index contributed by atoms with van der Waals surface area (Å²) in [5.41, 5.74) is 6.95. The Labute approximate surface area is 115 Å². The van der Waals surface area contributed by atoms with E-state index in [4.69, 9.17) is 10.9 Å². The quantitative estimate of drug-likeness (QED) is 0.306. The van der Waals surface area contributed by atoms with Crippen molar-refractivity contribution >= 4 is 5.84 Å². The van der Waals surface area contributed by atoms with Gasteiger partial charge in [-0.05, 0) is 32.3 Å². The minimum Gasteiger partial charge on any atom is -0.409 e. The van der Waals surface area contributed by atoms with Gasteiger partial charge in [-0.1, -0.05) is 42.4 Å². The fourth-order valence-electron chi connectivity index (χ4n) is 1.82. The van der Waals surface area contributed by atoms with Gasteiger partial charge in [0.15, 0.2) is 0 Å². The number of rotatable bonds is 7. The van der Waals surface area contributed by atoms with Crippen molar-refractivity contribution in [1.82, 2.24) is 5.32 Å². The van der Waals surface area contributed by atoms with Gasteiger partial charge in [0.2, 0.25) is 0 Å². The molecule has 0 aliphatic rings. The highest BCUT2D eigenvalue weighted by Crippen LogP contribution is 2.14. The summed E-state index contributed by atoms with van der Waals surface area (Å²) in [6.07, 6.45) is 2.08. The van der Waals surface area contributed by atoms with E-state index in [1.165, 1.54) is 5.56 Å². The molecule has 0 aliphatic heterocycles. The second-order valence-corrected chi connectivity index (χ2v) is 5.68. The fourth-order valence-corrected chi connectivity index (χ4v) is 1.82. The van der Waals surface area contributed by atoms with Crippen LogP contribution in [0.5, 0.6) is 0 Å². The van der Waals surface area contributed by atoms with E-state index in [2.05, 4.69) is 48.6 Å². The topological polar surface area (TPSA) is 70.6 Å². The predicted octanol–water partition coefficient (Wildman–Crippen LogP) is 2.37. The number of oxime groups is 1. The summed E-state index contributed by atoms with van der Waals surface area (Å²) in [6.45, 7) is 7.00. The summed E-state index contributed by atoms with van der Waals surface area (Å²) in [5.74, 6) is 0.298. The Bertz CT molecular complexity index is 401. The van der Waals surface area contributed by atoms with Crippen LogP contribution < -0.4 is 11.1 Å². The van der Waals surface area contributed by atoms with Gasteiger partial charge in [-0.3, -0.25) is 0 Å². The van der Waals surface area contributed by atoms with E-state index in [-0.39, 0.29) is 17.3 Å². The summed E-state index contributed by atoms with van der Waals surface area (Å²) in [7, 11) is 0. The van der Waals surface area contributed by atoms with E-state index in [0.29, 0.717) is 6.54 Å². The lowest BCUT2D eigenvalue weighted by molar-refractivity contribution is 0.310. The number of hydrogen-bond acceptors (Lipinski definition) is 3. The van der Waals surface area contributed by atoms with Crippen LogP contribution in [-0.2, 0) is 6.42 Å². The minimum atomic E-state index is 0.0276. The monoisotopic (exact) mass is 263 g/mol. The predicted molar refractivity (Wildman–Crippen MR) is 79.4 cm³/mol. The molecule has 4 heteroatoms. The molecule has 1 atom stereocenters. The molecule has 0 bridgehead atoms. The van der Waals surface area contributed by atoms with Crippen molar-refractivity contribution in [2.45, 2.75) is 39.2 Å². The summed E-state index contributed by atoms with van der Waals surface area (Å²) >= 11 is 0. The van der Waals surface area contributed by atoms with Crippen LogP contribution in [0.4, 0.5) is 0 Å². The maximum Gasteiger partial charge on any atom is 0.143 e. The highest BCUT2D eigenvalue weighted by atomic mass is 16.4. The van der Waals surface area contributed by atoms with Crippen molar-refractivity contribution in [2.24, 2.45) is 16.8 Å². The Morgan fingerprint density at radius 3 is 2.58 bits per heavy atom. The molecule has 4 N–H and O–H groups in total. The third-order valence-electron chi connectivity index (χ3n) is 3.39. The Kier molecular flexibility index (Phi) is 5.83. The maximum absolute atomic E-state index is 8.62. The molecule has 1 unspecified atom stereocenters. The second-order valence-electron chi connectivity index (χ2n) is 5.68. The van der Waals surface area contributed by atoms with Gasteiger partial charge in [0.1, 0.15) is 5.84 Å². The zero-order valence-corrected chi connectivity index (χ0v) is 12.1. The molecule has 0 radical (unpaired) electrons. The molecule has 0 aromatic heterocycles. The average Bonchev–Trinajstić information content (AvgIpc) is 2.43. The summed E-state index contributed by atoms with van der Waals surface area (Å²) in [6, 6.07) is 10.5. The van der Waals surface area contributed by atoms with Gasteiger partial charge in [0.25, 0.3) is 0 Å². The third-order valence-corrected chi connectivity index (χ3v) is 3.39. The highest BCUT2D eigenvalue weighted by molar-refractivity contribution is 5.82. The van der Waals surface area contributed by atoms with Gasteiger partial charge in [-0.15, -0.1) is 0 Å². The van der Waals surface area contributed by atoms with Gasteiger partial charge in [-0.25, -0.2) is 0 Å². The summed E-state index contributed by atoms with van der Waals surface area (Å²) in [5, 5.41) is 15.1. The summed E-state index contributed by atoms with van der Waals surface area (Å²) in [4.78, 5) is 0. The van der Waals surface area contributed by atoms with E-state index in [1.807, 2.05) is 13.0 Å². The third kappa shape index (κ3) is 5.75. The standard InChI is InChI=1S/C15H25N3O/c1-12(14(16)18-19)11-17-15(2,3)10-9-13-7-5-4-6-8-13/h4-8,12,17,19H,9-11H2,1-3H3,(H2,16,18). The van der Waals surface area contributed by atoms with Gasteiger partial charge in [-0.2, -0.15) is 0 Å². The molecule has 0 saturated carbocycles. The lowest BCUT2D eigenvalue weighted by atomic mass is 9.94. The molecular formula is C15H25N3O. The van der Waals surface area contributed by atoms with Crippen molar-refractivity contribution in [3.8, 4) is 0 Å².